The van der Waals surface area contributed by atoms with E-state index >= 15 is 0 Å². The quantitative estimate of drug-likeness (QED) is 0.816. The second kappa shape index (κ2) is 3.51. The first-order valence-electron chi connectivity index (χ1n) is 9.66. The Labute approximate surface area is 154 Å². The summed E-state index contributed by atoms with van der Waals surface area (Å²) in [7, 11) is 1.74. The Hall–Kier alpha value is -2.76. The van der Waals surface area contributed by atoms with Crippen LogP contribution in [0.4, 0.5) is 0 Å². The van der Waals surface area contributed by atoms with Crippen LogP contribution < -0.4 is 11.4 Å². The van der Waals surface area contributed by atoms with Gasteiger partial charge in [0.15, 0.2) is 0 Å². The molecule has 1 aromatic heterocycles. The van der Waals surface area contributed by atoms with Gasteiger partial charge in [0.2, 0.25) is 0 Å². The van der Waals surface area contributed by atoms with Crippen molar-refractivity contribution in [2.45, 2.75) is 12.1 Å². The number of rotatable bonds is 2. The van der Waals surface area contributed by atoms with Gasteiger partial charge in [-0.3, -0.25) is 0 Å². The molecular weight excluding hydrogens is 342 g/mol. The lowest BCUT2D eigenvalue weighted by Gasteiger charge is -2.48. The smallest absolute Gasteiger partial charge is 0.352 e. The van der Waals surface area contributed by atoms with Gasteiger partial charge in [-0.2, -0.15) is 0 Å². The van der Waals surface area contributed by atoms with E-state index < -0.39 is 0 Å². The number of para-hydroxylation sites is 1. The number of allylic oxidation sites excluding steroid dienone is 4. The predicted molar refractivity (Wildman–Crippen MR) is 95.4 cm³/mol. The Kier molecular flexibility index (Phi) is 1.74. The number of hydrogen-bond donors (Lipinski definition) is 0. The molecule has 2 spiro atoms. The Bertz CT molecular complexity index is 1260. The molecule has 0 amide bonds. The van der Waals surface area contributed by atoms with Crippen LogP contribution in [-0.4, -0.2) is 21.0 Å². The minimum Gasteiger partial charge on any atom is -0.500 e. The van der Waals surface area contributed by atoms with E-state index in [2.05, 4.69) is 18.2 Å². The summed E-state index contributed by atoms with van der Waals surface area (Å²) < 4.78 is 10.8. The van der Waals surface area contributed by atoms with E-state index in [1.807, 2.05) is 35.0 Å². The Morgan fingerprint density at radius 2 is 1.67 bits per heavy atom. The van der Waals surface area contributed by atoms with Gasteiger partial charge in [-0.15, -0.1) is 0 Å². The Balaban J connectivity index is 1.48. The first-order valence-corrected chi connectivity index (χ1v) is 9.66. The van der Waals surface area contributed by atoms with E-state index in [0.29, 0.717) is 29.4 Å². The molecule has 2 bridgehead atoms. The zero-order valence-electron chi connectivity index (χ0n) is 14.6. The van der Waals surface area contributed by atoms with Crippen LogP contribution >= 0.6 is 0 Å². The van der Waals surface area contributed by atoms with Gasteiger partial charge in [0.25, 0.3) is 0 Å². The van der Waals surface area contributed by atoms with Crippen molar-refractivity contribution in [2.24, 2.45) is 34.5 Å². The van der Waals surface area contributed by atoms with E-state index in [1.54, 1.807) is 11.8 Å². The summed E-state index contributed by atoms with van der Waals surface area (Å²) in [6.45, 7) is 0. The minimum absolute atomic E-state index is 0.0268. The van der Waals surface area contributed by atoms with Gasteiger partial charge in [0, 0.05) is 5.41 Å². The normalized spacial score (nSPS) is 47.4. The SMILES string of the molecule is COC1=CC=C[C@]23[C@H]4[C@H]5[C@@H]6[C@@H]5[C@H]2n2c(=O)n(-c5ccccc5)c(=O)n2[C@@H]6[C@@]143. The maximum Gasteiger partial charge on any atom is 0.352 e. The molecule has 9 rings (SSSR count). The van der Waals surface area contributed by atoms with Crippen molar-refractivity contribution in [3.05, 3.63) is 75.3 Å². The molecule has 4 saturated carbocycles. The number of ether oxygens (including phenoxy) is 1. The van der Waals surface area contributed by atoms with Crippen LogP contribution in [0.1, 0.15) is 12.1 Å². The lowest BCUT2D eigenvalue weighted by molar-refractivity contribution is 0.0119. The first-order chi connectivity index (χ1) is 13.2. The van der Waals surface area contributed by atoms with Crippen molar-refractivity contribution >= 4 is 0 Å². The highest BCUT2D eigenvalue weighted by Crippen LogP contribution is 3.04. The van der Waals surface area contributed by atoms with Crippen molar-refractivity contribution in [1.82, 2.24) is 13.9 Å². The fourth-order valence-electron chi connectivity index (χ4n) is 8.38. The molecule has 0 radical (unpaired) electrons. The van der Waals surface area contributed by atoms with Crippen molar-refractivity contribution in [2.75, 3.05) is 7.11 Å². The van der Waals surface area contributed by atoms with Crippen LogP contribution in [0.5, 0.6) is 0 Å². The number of aromatic nitrogens is 3. The summed E-state index contributed by atoms with van der Waals surface area (Å²) in [5.41, 5.74) is 0.117. The molecule has 7 aliphatic rings. The monoisotopic (exact) mass is 359 g/mol. The van der Waals surface area contributed by atoms with Gasteiger partial charge in [0.05, 0.1) is 30.3 Å². The molecule has 134 valence electrons. The largest absolute Gasteiger partial charge is 0.500 e. The first kappa shape index (κ1) is 13.4. The van der Waals surface area contributed by atoms with Crippen LogP contribution in [-0.2, 0) is 4.74 Å². The highest BCUT2D eigenvalue weighted by molar-refractivity contribution is 5.59. The standard InChI is InChI=1S/C21H17N3O3/c1-27-11-8-5-9-20-15-12-13-14(12)17(21(11,15)20)24-19(26)22(10-6-3-2-4-7-10)18(25)23(24)16(13)20/h2-9,12-17H,1H3/t12-,13-,14-,15-,16-,17+,20+,21-/m1/s1. The maximum atomic E-state index is 13.5. The minimum atomic E-state index is -0.203. The van der Waals surface area contributed by atoms with Gasteiger partial charge in [-0.25, -0.2) is 23.5 Å². The Morgan fingerprint density at radius 3 is 2.41 bits per heavy atom. The number of benzene rings is 1. The van der Waals surface area contributed by atoms with E-state index in [-0.39, 0.29) is 34.3 Å². The third kappa shape index (κ3) is 0.947. The van der Waals surface area contributed by atoms with Gasteiger partial charge >= 0.3 is 11.4 Å². The molecule has 2 aliphatic heterocycles. The van der Waals surface area contributed by atoms with Gasteiger partial charge in [0.1, 0.15) is 5.76 Å². The summed E-state index contributed by atoms with van der Waals surface area (Å²) >= 11 is 0. The molecule has 27 heavy (non-hydrogen) atoms. The molecule has 5 aliphatic carbocycles. The third-order valence-electron chi connectivity index (χ3n) is 8.70. The van der Waals surface area contributed by atoms with E-state index in [4.69, 9.17) is 4.74 Å². The predicted octanol–water partition coefficient (Wildman–Crippen LogP) is 1.49. The topological polar surface area (TPSA) is 58.2 Å². The zero-order chi connectivity index (χ0) is 17.9. The summed E-state index contributed by atoms with van der Waals surface area (Å²) in [5.74, 6) is 3.24. The van der Waals surface area contributed by atoms with Crippen LogP contribution in [0.2, 0.25) is 0 Å². The molecule has 0 N–H and O–H groups in total. The summed E-state index contributed by atoms with van der Waals surface area (Å²) in [5, 5.41) is 0. The molecule has 3 heterocycles. The molecule has 4 fully saturated rings. The van der Waals surface area contributed by atoms with E-state index in [0.717, 1.165) is 5.76 Å². The molecule has 0 saturated heterocycles. The third-order valence-corrected chi connectivity index (χ3v) is 8.70. The number of nitrogens with zero attached hydrogens (tertiary/aromatic N) is 3. The van der Waals surface area contributed by atoms with E-state index in [9.17, 15) is 9.59 Å². The second-order valence-corrected chi connectivity index (χ2v) is 8.92. The fourth-order valence-corrected chi connectivity index (χ4v) is 8.38. The number of hydrogen-bond acceptors (Lipinski definition) is 3. The molecule has 6 heteroatoms. The van der Waals surface area contributed by atoms with Crippen LogP contribution in [0, 0.1) is 34.5 Å². The lowest BCUT2D eigenvalue weighted by Crippen LogP contribution is -2.53. The van der Waals surface area contributed by atoms with Crippen LogP contribution in [0.3, 0.4) is 0 Å². The fraction of sp³-hybridized carbons (Fsp3) is 0.429. The van der Waals surface area contributed by atoms with Crippen molar-refractivity contribution in [3.63, 3.8) is 0 Å². The van der Waals surface area contributed by atoms with Gasteiger partial charge in [-0.1, -0.05) is 30.4 Å². The molecule has 0 unspecified atom stereocenters. The summed E-state index contributed by atoms with van der Waals surface area (Å²) in [4.78, 5) is 26.9. The van der Waals surface area contributed by atoms with Crippen LogP contribution in [0.25, 0.3) is 5.69 Å². The van der Waals surface area contributed by atoms with Crippen molar-refractivity contribution < 1.29 is 4.74 Å². The highest BCUT2D eigenvalue weighted by Gasteiger charge is 3.04. The van der Waals surface area contributed by atoms with Gasteiger partial charge < -0.3 is 4.74 Å². The maximum absolute atomic E-state index is 13.5. The van der Waals surface area contributed by atoms with Crippen molar-refractivity contribution in [3.8, 4) is 5.69 Å². The molecule has 8 atom stereocenters. The Morgan fingerprint density at radius 1 is 0.963 bits per heavy atom. The summed E-state index contributed by atoms with van der Waals surface area (Å²) in [6.07, 6.45) is 6.49. The molecular formula is C21H17N3O3. The highest BCUT2D eigenvalue weighted by atomic mass is 16.5. The summed E-state index contributed by atoms with van der Waals surface area (Å²) in [6, 6.07) is 9.41. The van der Waals surface area contributed by atoms with Crippen molar-refractivity contribution in [1.29, 1.82) is 0 Å². The number of methoxy groups -OCH3 is 1. The van der Waals surface area contributed by atoms with Crippen LogP contribution in [0.15, 0.2) is 63.9 Å². The van der Waals surface area contributed by atoms with Gasteiger partial charge in [-0.05, 0) is 41.9 Å². The average molecular weight is 359 g/mol. The molecule has 6 nitrogen and oxygen atoms in total. The molecule has 2 aromatic rings. The molecule has 1 aromatic carbocycles. The lowest BCUT2D eigenvalue weighted by atomic mass is 9.68. The van der Waals surface area contributed by atoms with E-state index in [1.165, 1.54) is 4.57 Å². The zero-order valence-corrected chi connectivity index (χ0v) is 14.6. The second-order valence-electron chi connectivity index (χ2n) is 8.92. The average Bonchev–Trinajstić information content (AvgIpc) is 3.46.